The summed E-state index contributed by atoms with van der Waals surface area (Å²) < 4.78 is 50.6. The summed E-state index contributed by atoms with van der Waals surface area (Å²) in [4.78, 5) is 34.0. The lowest BCUT2D eigenvalue weighted by Gasteiger charge is -2.17. The lowest BCUT2D eigenvalue weighted by molar-refractivity contribution is -0.150. The van der Waals surface area contributed by atoms with Gasteiger partial charge in [0.25, 0.3) is 0 Å². The first kappa shape index (κ1) is 24.1. The minimum Gasteiger partial charge on any atom is -0.490 e. The van der Waals surface area contributed by atoms with E-state index in [9.17, 15) is 32.7 Å². The van der Waals surface area contributed by atoms with Gasteiger partial charge in [0.05, 0.1) is 21.5 Å². The molecular formula is C21H15ClF3NO7. The van der Waals surface area contributed by atoms with E-state index in [4.69, 9.17) is 25.9 Å². The van der Waals surface area contributed by atoms with Gasteiger partial charge in [0.2, 0.25) is 0 Å². The number of carboxylic acids is 1. The van der Waals surface area contributed by atoms with Gasteiger partial charge in [-0.3, -0.25) is 9.59 Å². The summed E-state index contributed by atoms with van der Waals surface area (Å²) in [6.07, 6.45) is -6.16. The summed E-state index contributed by atoms with van der Waals surface area (Å²) in [5.74, 6) is -3.64. The molecule has 0 fully saturated rings. The maximum absolute atomic E-state index is 13.2. The molecule has 0 radical (unpaired) electrons. The Kier molecular flexibility index (Phi) is 6.94. The van der Waals surface area contributed by atoms with Crippen molar-refractivity contribution in [1.29, 1.82) is 0 Å². The first-order chi connectivity index (χ1) is 15.5. The van der Waals surface area contributed by atoms with Crippen molar-refractivity contribution in [3.05, 3.63) is 63.3 Å². The zero-order valence-electron chi connectivity index (χ0n) is 16.5. The van der Waals surface area contributed by atoms with Crippen molar-refractivity contribution < 1.29 is 42.1 Å². The van der Waals surface area contributed by atoms with E-state index in [-0.39, 0.29) is 33.1 Å². The molecule has 0 spiro atoms. The maximum atomic E-state index is 13.2. The number of carbonyl (C=O) groups is 2. The van der Waals surface area contributed by atoms with Crippen LogP contribution in [0.5, 0.6) is 5.75 Å². The molecule has 3 N–H and O–H groups in total. The molecule has 8 nitrogen and oxygen atoms in total. The number of alkyl halides is 3. The maximum Gasteiger partial charge on any atom is 0.416 e. The highest BCUT2D eigenvalue weighted by atomic mass is 35.5. The second-order valence-corrected chi connectivity index (χ2v) is 7.19. The molecule has 0 saturated heterocycles. The smallest absolute Gasteiger partial charge is 0.416 e. The Balaban J connectivity index is 1.96. The predicted octanol–water partition coefficient (Wildman–Crippen LogP) is 3.07. The second-order valence-electron chi connectivity index (χ2n) is 6.78. The summed E-state index contributed by atoms with van der Waals surface area (Å²) >= 11 is 6.08. The Bertz CT molecular complexity index is 1270. The number of ether oxygens (including phenoxy) is 1. The number of hydrogen-bond acceptors (Lipinski definition) is 6. The summed E-state index contributed by atoms with van der Waals surface area (Å²) in [6, 6.07) is 8.02. The highest BCUT2D eigenvalue weighted by Crippen LogP contribution is 2.38. The van der Waals surface area contributed by atoms with Crippen molar-refractivity contribution in [2.24, 2.45) is 0 Å². The molecule has 0 bridgehead atoms. The topological polar surface area (TPSA) is 126 Å². The van der Waals surface area contributed by atoms with E-state index < -0.39 is 48.3 Å². The molecule has 1 amide bonds. The van der Waals surface area contributed by atoms with Crippen molar-refractivity contribution in [1.82, 2.24) is 5.32 Å². The SMILES string of the molecule is O=C(O)C(=O)NCC(O)COc1cc(C(F)(F)F)ccc1-c1cc(=O)c2cccc(Cl)c2o1. The second kappa shape index (κ2) is 9.51. The van der Waals surface area contributed by atoms with E-state index >= 15 is 0 Å². The molecule has 1 atom stereocenters. The highest BCUT2D eigenvalue weighted by molar-refractivity contribution is 6.34. The Labute approximate surface area is 188 Å². The van der Waals surface area contributed by atoms with Gasteiger partial charge in [-0.15, -0.1) is 0 Å². The average molecular weight is 486 g/mol. The summed E-state index contributed by atoms with van der Waals surface area (Å²) in [5, 5.41) is 20.6. The van der Waals surface area contributed by atoms with E-state index in [0.29, 0.717) is 6.07 Å². The fourth-order valence-corrected chi connectivity index (χ4v) is 3.04. The Morgan fingerprint density at radius 2 is 1.91 bits per heavy atom. The molecule has 1 unspecified atom stereocenters. The molecule has 0 aliphatic carbocycles. The van der Waals surface area contributed by atoms with Crippen molar-refractivity contribution in [3.63, 3.8) is 0 Å². The molecule has 1 heterocycles. The number of amides is 1. The molecule has 1 aromatic heterocycles. The van der Waals surface area contributed by atoms with Gasteiger partial charge in [-0.05, 0) is 30.3 Å². The zero-order chi connectivity index (χ0) is 24.3. The van der Waals surface area contributed by atoms with Gasteiger partial charge in [0.1, 0.15) is 24.2 Å². The number of nitrogens with one attached hydrogen (secondary N) is 1. The monoisotopic (exact) mass is 485 g/mol. The molecule has 0 aliphatic rings. The molecule has 2 aromatic carbocycles. The van der Waals surface area contributed by atoms with Crippen LogP contribution < -0.4 is 15.5 Å². The number of carboxylic acid groups (broad SMARTS) is 1. The lowest BCUT2D eigenvalue weighted by atomic mass is 10.1. The fraction of sp³-hybridized carbons (Fsp3) is 0.190. The normalized spacial score (nSPS) is 12.4. The Morgan fingerprint density at radius 1 is 1.18 bits per heavy atom. The van der Waals surface area contributed by atoms with Crippen LogP contribution in [0.1, 0.15) is 5.56 Å². The molecule has 0 saturated carbocycles. The van der Waals surface area contributed by atoms with Gasteiger partial charge in [-0.1, -0.05) is 17.7 Å². The third-order valence-electron chi connectivity index (χ3n) is 4.40. The number of aliphatic hydroxyl groups excluding tert-OH is 1. The molecular weight excluding hydrogens is 471 g/mol. The van der Waals surface area contributed by atoms with Crippen molar-refractivity contribution >= 4 is 34.4 Å². The zero-order valence-corrected chi connectivity index (χ0v) is 17.2. The first-order valence-electron chi connectivity index (χ1n) is 9.23. The standard InChI is InChI=1S/C21H15ClF3NO7/c22-14-3-1-2-12-15(28)7-17(33-18(12)14)13-5-4-10(21(23,24)25)6-16(13)32-9-11(27)8-26-19(29)20(30)31/h1-7,11,27H,8-9H2,(H,26,29)(H,30,31). The molecule has 33 heavy (non-hydrogen) atoms. The largest absolute Gasteiger partial charge is 0.490 e. The number of fused-ring (bicyclic) bond motifs is 1. The van der Waals surface area contributed by atoms with Gasteiger partial charge >= 0.3 is 18.1 Å². The van der Waals surface area contributed by atoms with Gasteiger partial charge in [0.15, 0.2) is 11.0 Å². The Hall–Kier alpha value is -3.57. The number of aliphatic carboxylic acids is 1. The summed E-state index contributed by atoms with van der Waals surface area (Å²) in [7, 11) is 0. The number of aliphatic hydroxyl groups is 1. The number of para-hydroxylation sites is 1. The van der Waals surface area contributed by atoms with Gasteiger partial charge in [0, 0.05) is 12.6 Å². The van der Waals surface area contributed by atoms with Gasteiger partial charge in [-0.2, -0.15) is 13.2 Å². The van der Waals surface area contributed by atoms with Crippen LogP contribution in [0.25, 0.3) is 22.3 Å². The number of rotatable bonds is 6. The van der Waals surface area contributed by atoms with Crippen LogP contribution in [0.15, 0.2) is 51.7 Å². The fourth-order valence-electron chi connectivity index (χ4n) is 2.83. The number of carbonyl (C=O) groups excluding carboxylic acids is 1. The van der Waals surface area contributed by atoms with Crippen LogP contribution in [-0.2, 0) is 15.8 Å². The lowest BCUT2D eigenvalue weighted by Crippen LogP contribution is -2.38. The van der Waals surface area contributed by atoms with Crippen LogP contribution in [0, 0.1) is 0 Å². The minimum absolute atomic E-state index is 0.0244. The quantitative estimate of drug-likeness (QED) is 0.458. The van der Waals surface area contributed by atoms with Crippen LogP contribution in [-0.4, -0.2) is 41.3 Å². The highest BCUT2D eigenvalue weighted by Gasteiger charge is 2.32. The van der Waals surface area contributed by atoms with E-state index in [2.05, 4.69) is 0 Å². The third-order valence-corrected chi connectivity index (χ3v) is 4.70. The summed E-state index contributed by atoms with van der Waals surface area (Å²) in [6.45, 7) is -1.13. The minimum atomic E-state index is -4.71. The van der Waals surface area contributed by atoms with Crippen molar-refractivity contribution in [2.75, 3.05) is 13.2 Å². The molecule has 174 valence electrons. The van der Waals surface area contributed by atoms with E-state index in [1.54, 1.807) is 6.07 Å². The third kappa shape index (κ3) is 5.62. The van der Waals surface area contributed by atoms with E-state index in [0.717, 1.165) is 18.2 Å². The average Bonchev–Trinajstić information content (AvgIpc) is 2.75. The number of halogens is 4. The Morgan fingerprint density at radius 3 is 2.58 bits per heavy atom. The van der Waals surface area contributed by atoms with Crippen LogP contribution in [0.3, 0.4) is 0 Å². The van der Waals surface area contributed by atoms with E-state index in [1.807, 2.05) is 5.32 Å². The van der Waals surface area contributed by atoms with Crippen LogP contribution in [0.4, 0.5) is 13.2 Å². The van der Waals surface area contributed by atoms with Crippen molar-refractivity contribution in [2.45, 2.75) is 12.3 Å². The molecule has 0 aliphatic heterocycles. The van der Waals surface area contributed by atoms with Crippen LogP contribution in [0.2, 0.25) is 5.02 Å². The summed E-state index contributed by atoms with van der Waals surface area (Å²) in [5.41, 5.74) is -1.54. The van der Waals surface area contributed by atoms with E-state index in [1.165, 1.54) is 12.1 Å². The van der Waals surface area contributed by atoms with Crippen molar-refractivity contribution in [3.8, 4) is 17.1 Å². The molecule has 3 rings (SSSR count). The number of benzene rings is 2. The van der Waals surface area contributed by atoms with Gasteiger partial charge in [-0.25, -0.2) is 4.79 Å². The molecule has 12 heteroatoms. The van der Waals surface area contributed by atoms with Crippen LogP contribution >= 0.6 is 11.6 Å². The number of hydrogen-bond donors (Lipinski definition) is 3. The molecule has 3 aromatic rings. The van der Waals surface area contributed by atoms with Gasteiger partial charge < -0.3 is 24.7 Å². The first-order valence-corrected chi connectivity index (χ1v) is 9.61. The predicted molar refractivity (Wildman–Crippen MR) is 110 cm³/mol.